The predicted octanol–water partition coefficient (Wildman–Crippen LogP) is 4.97. The van der Waals surface area contributed by atoms with Crippen molar-refractivity contribution < 1.29 is 28.6 Å². The van der Waals surface area contributed by atoms with Gasteiger partial charge in [0.2, 0.25) is 0 Å². The molecular weight excluding hydrogens is 562 g/mol. The van der Waals surface area contributed by atoms with Crippen molar-refractivity contribution in [1.82, 2.24) is 20.1 Å². The largest absolute Gasteiger partial charge is 0.493 e. The molecule has 1 unspecified atom stereocenters. The van der Waals surface area contributed by atoms with Crippen LogP contribution in [-0.2, 0) is 16.1 Å². The first-order valence-electron chi connectivity index (χ1n) is 14.9. The summed E-state index contributed by atoms with van der Waals surface area (Å²) in [6.45, 7) is 11.4. The number of ether oxygens (including phenoxy) is 3. The first-order valence-corrected chi connectivity index (χ1v) is 14.9. The third kappa shape index (κ3) is 6.42. The zero-order chi connectivity index (χ0) is 31.6. The first-order chi connectivity index (χ1) is 20.9. The Hall–Kier alpha value is -4.38. The lowest BCUT2D eigenvalue weighted by Gasteiger charge is -2.28. The van der Waals surface area contributed by atoms with E-state index in [-0.39, 0.29) is 24.6 Å². The highest BCUT2D eigenvalue weighted by Crippen LogP contribution is 2.38. The molecule has 0 aliphatic carbocycles. The number of rotatable bonds is 9. The van der Waals surface area contributed by atoms with Crippen molar-refractivity contribution in [2.24, 2.45) is 0 Å². The Bertz CT molecular complexity index is 1550. The van der Waals surface area contributed by atoms with Gasteiger partial charge < -0.3 is 29.3 Å². The second-order valence-electron chi connectivity index (χ2n) is 12.6. The van der Waals surface area contributed by atoms with E-state index in [1.165, 1.54) is 4.90 Å². The number of carbonyl (C=O) groups excluding carboxylic acids is 3. The first kappa shape index (κ1) is 31.1. The van der Waals surface area contributed by atoms with E-state index in [9.17, 15) is 14.4 Å². The molecule has 44 heavy (non-hydrogen) atoms. The fraction of sp³-hybridized carbons (Fsp3) is 0.455. The highest BCUT2D eigenvalue weighted by atomic mass is 16.6. The molecule has 1 N–H and O–H groups in total. The maximum atomic E-state index is 13.8. The van der Waals surface area contributed by atoms with Crippen molar-refractivity contribution in [3.8, 4) is 11.5 Å². The number of nitrogens with zero attached hydrogens (tertiary/aromatic N) is 4. The van der Waals surface area contributed by atoms with Crippen molar-refractivity contribution in [3.05, 3.63) is 60.3 Å². The summed E-state index contributed by atoms with van der Waals surface area (Å²) in [7, 11) is 1.54. The molecule has 4 amide bonds. The lowest BCUT2D eigenvalue weighted by Crippen LogP contribution is -2.43. The fourth-order valence-electron chi connectivity index (χ4n) is 5.55. The van der Waals surface area contributed by atoms with Crippen LogP contribution in [0.3, 0.4) is 0 Å². The number of hydrogen-bond donors (Lipinski definition) is 1. The quantitative estimate of drug-likeness (QED) is 0.270. The summed E-state index contributed by atoms with van der Waals surface area (Å²) in [6, 6.07) is 14.4. The van der Waals surface area contributed by atoms with Gasteiger partial charge in [0.1, 0.15) is 17.7 Å². The molecule has 0 bridgehead atoms. The van der Waals surface area contributed by atoms with Gasteiger partial charge in [0.25, 0.3) is 5.91 Å². The maximum absolute atomic E-state index is 13.8. The van der Waals surface area contributed by atoms with Gasteiger partial charge in [-0.05, 0) is 70.9 Å². The van der Waals surface area contributed by atoms with Gasteiger partial charge >= 0.3 is 12.1 Å². The lowest BCUT2D eigenvalue weighted by atomic mass is 10.0. The normalized spacial score (nSPS) is 18.3. The number of imide groups is 1. The number of benzene rings is 2. The number of nitrogens with one attached hydrogen (secondary N) is 1. The Kier molecular flexibility index (Phi) is 8.69. The average molecular weight is 604 g/mol. The molecule has 2 saturated heterocycles. The van der Waals surface area contributed by atoms with Gasteiger partial charge in [-0.15, -0.1) is 0 Å². The summed E-state index contributed by atoms with van der Waals surface area (Å²) in [4.78, 5) is 48.7. The van der Waals surface area contributed by atoms with Gasteiger partial charge in [0.05, 0.1) is 18.3 Å². The molecule has 1 atom stereocenters. The Labute approximate surface area is 258 Å². The van der Waals surface area contributed by atoms with Crippen molar-refractivity contribution in [2.75, 3.05) is 38.3 Å². The zero-order valence-corrected chi connectivity index (χ0v) is 26.3. The minimum Gasteiger partial charge on any atom is -0.493 e. The molecule has 11 nitrogen and oxygen atoms in total. The maximum Gasteiger partial charge on any atom is 0.410 e. The summed E-state index contributed by atoms with van der Waals surface area (Å²) in [5, 5.41) is 4.37. The Morgan fingerprint density at radius 3 is 2.61 bits per heavy atom. The minimum atomic E-state index is -1.07. The third-order valence-electron chi connectivity index (χ3n) is 7.93. The average Bonchev–Trinajstić information content (AvgIpc) is 3.52. The van der Waals surface area contributed by atoms with Crippen molar-refractivity contribution in [1.29, 1.82) is 0 Å². The van der Waals surface area contributed by atoms with Gasteiger partial charge in [0, 0.05) is 49.9 Å². The molecule has 3 heterocycles. The number of aromatic nitrogens is 1. The molecule has 1 aromatic heterocycles. The molecule has 11 heteroatoms. The van der Waals surface area contributed by atoms with E-state index in [4.69, 9.17) is 14.2 Å². The van der Waals surface area contributed by atoms with Crippen LogP contribution in [0.15, 0.2) is 54.7 Å². The number of para-hydroxylation sites is 1. The lowest BCUT2D eigenvalue weighted by molar-refractivity contribution is -0.123. The van der Waals surface area contributed by atoms with Crippen LogP contribution in [0, 0.1) is 0 Å². The van der Waals surface area contributed by atoms with Crippen LogP contribution in [0.2, 0.25) is 0 Å². The second-order valence-corrected chi connectivity index (χ2v) is 12.6. The van der Waals surface area contributed by atoms with E-state index >= 15 is 0 Å². The smallest absolute Gasteiger partial charge is 0.410 e. The molecule has 0 saturated carbocycles. The molecule has 2 aliphatic heterocycles. The second kappa shape index (κ2) is 12.3. The van der Waals surface area contributed by atoms with E-state index in [1.807, 2.05) is 51.1 Å². The van der Waals surface area contributed by atoms with E-state index in [1.54, 1.807) is 55.2 Å². The molecule has 5 rings (SSSR count). The van der Waals surface area contributed by atoms with Gasteiger partial charge in [-0.3, -0.25) is 9.78 Å². The topological polar surface area (TPSA) is 114 Å². The summed E-state index contributed by atoms with van der Waals surface area (Å²) in [6.07, 6.45) is 2.23. The number of anilines is 1. The molecule has 3 aromatic rings. The van der Waals surface area contributed by atoms with E-state index in [0.29, 0.717) is 43.4 Å². The molecule has 2 fully saturated rings. The predicted molar refractivity (Wildman–Crippen MR) is 167 cm³/mol. The standard InChI is InChI=1S/C33H41N5O6/c1-32(2,3)44-31(41)36-17-14-23(21-36)34-16-18-43-28-19-24(11-12-27(28)42-6)38-29(39)33(4,5)37(30(38)40)20-22-13-15-35-26-10-8-7-9-25(22)26/h7-13,15,19,23,34H,14,16-18,20-21H2,1-6H3. The van der Waals surface area contributed by atoms with Crippen LogP contribution in [-0.4, -0.2) is 83.3 Å². The van der Waals surface area contributed by atoms with Crippen molar-refractivity contribution >= 4 is 34.6 Å². The summed E-state index contributed by atoms with van der Waals surface area (Å²) >= 11 is 0. The highest BCUT2D eigenvalue weighted by molar-refractivity contribution is 6.23. The minimum absolute atomic E-state index is 0.130. The van der Waals surface area contributed by atoms with E-state index < -0.39 is 17.2 Å². The number of fused-ring (bicyclic) bond motifs is 1. The summed E-state index contributed by atoms with van der Waals surface area (Å²) in [5.41, 5.74) is 0.548. The number of hydrogen-bond acceptors (Lipinski definition) is 8. The monoisotopic (exact) mass is 603 g/mol. The van der Waals surface area contributed by atoms with Crippen LogP contribution in [0.25, 0.3) is 10.9 Å². The third-order valence-corrected chi connectivity index (χ3v) is 7.93. The summed E-state index contributed by atoms with van der Waals surface area (Å²) in [5.74, 6) is 0.587. The molecular formula is C33H41N5O6. The number of methoxy groups -OCH3 is 1. The Balaban J connectivity index is 1.24. The Morgan fingerprint density at radius 2 is 1.86 bits per heavy atom. The SMILES string of the molecule is COc1ccc(N2C(=O)N(Cc3ccnc4ccccc34)C(C)(C)C2=O)cc1OCCNC1CCN(C(=O)OC(C)(C)C)C1. The number of carbonyl (C=O) groups is 3. The van der Waals surface area contributed by atoms with E-state index in [2.05, 4.69) is 10.3 Å². The Morgan fingerprint density at radius 1 is 1.09 bits per heavy atom. The molecule has 234 valence electrons. The van der Waals surface area contributed by atoms with Crippen molar-refractivity contribution in [3.63, 3.8) is 0 Å². The highest BCUT2D eigenvalue weighted by Gasteiger charge is 2.52. The van der Waals surface area contributed by atoms with Gasteiger partial charge in [-0.25, -0.2) is 14.5 Å². The fourth-order valence-corrected chi connectivity index (χ4v) is 5.55. The number of amides is 4. The number of pyridine rings is 1. The number of urea groups is 1. The van der Waals surface area contributed by atoms with Crippen molar-refractivity contribution in [2.45, 2.75) is 64.8 Å². The van der Waals surface area contributed by atoms with Crippen LogP contribution in [0.5, 0.6) is 11.5 Å². The van der Waals surface area contributed by atoms with Crippen LogP contribution >= 0.6 is 0 Å². The molecule has 2 aliphatic rings. The summed E-state index contributed by atoms with van der Waals surface area (Å²) < 4.78 is 17.0. The van der Waals surface area contributed by atoms with Crippen LogP contribution in [0.4, 0.5) is 15.3 Å². The number of likely N-dealkylation sites (tertiary alicyclic amines) is 1. The van der Waals surface area contributed by atoms with Crippen LogP contribution in [0.1, 0.15) is 46.6 Å². The van der Waals surface area contributed by atoms with Crippen LogP contribution < -0.4 is 19.7 Å². The van der Waals surface area contributed by atoms with Gasteiger partial charge in [-0.1, -0.05) is 18.2 Å². The molecule has 0 radical (unpaired) electrons. The zero-order valence-electron chi connectivity index (χ0n) is 26.3. The molecule has 0 spiro atoms. The van der Waals surface area contributed by atoms with Gasteiger partial charge in [0.15, 0.2) is 11.5 Å². The molecule has 2 aromatic carbocycles. The van der Waals surface area contributed by atoms with E-state index in [0.717, 1.165) is 22.9 Å². The van der Waals surface area contributed by atoms with Gasteiger partial charge in [-0.2, -0.15) is 0 Å².